The zero-order valence-electron chi connectivity index (χ0n) is 15.3. The van der Waals surface area contributed by atoms with Crippen LogP contribution in [0.2, 0.25) is 0 Å². The second-order valence-electron chi connectivity index (χ2n) is 6.48. The van der Waals surface area contributed by atoms with Crippen LogP contribution < -0.4 is 0 Å². The van der Waals surface area contributed by atoms with Gasteiger partial charge in [-0.3, -0.25) is 0 Å². The molecule has 0 atom stereocenters. The van der Waals surface area contributed by atoms with E-state index in [4.69, 9.17) is 0 Å². The molecule has 0 bridgehead atoms. The molecule has 2 aromatic heterocycles. The van der Waals surface area contributed by atoms with E-state index in [0.717, 1.165) is 21.0 Å². The lowest BCUT2D eigenvalue weighted by atomic mass is 10.2. The summed E-state index contributed by atoms with van der Waals surface area (Å²) in [5, 5.41) is 4.37. The summed E-state index contributed by atoms with van der Waals surface area (Å²) < 4.78 is 39.4. The highest BCUT2D eigenvalue weighted by Crippen LogP contribution is 2.36. The van der Waals surface area contributed by atoms with Crippen LogP contribution >= 0.6 is 11.3 Å². The van der Waals surface area contributed by atoms with Crippen molar-refractivity contribution in [2.24, 2.45) is 0 Å². The van der Waals surface area contributed by atoms with Gasteiger partial charge in [-0.2, -0.15) is 5.10 Å². The largest absolute Gasteiger partial charge is 0.232 e. The van der Waals surface area contributed by atoms with Crippen LogP contribution in [0.5, 0.6) is 0 Å². The summed E-state index contributed by atoms with van der Waals surface area (Å²) in [6.07, 6.45) is 2.88. The van der Waals surface area contributed by atoms with Gasteiger partial charge < -0.3 is 0 Å². The molecule has 28 heavy (non-hydrogen) atoms. The van der Waals surface area contributed by atoms with E-state index >= 15 is 0 Å². The normalized spacial score (nSPS) is 11.7. The summed E-state index contributed by atoms with van der Waals surface area (Å²) >= 11 is 1.53. The fourth-order valence-corrected chi connectivity index (χ4v) is 4.70. The van der Waals surface area contributed by atoms with Crippen molar-refractivity contribution in [2.45, 2.75) is 11.8 Å². The summed E-state index contributed by atoms with van der Waals surface area (Å²) in [6.45, 7) is 1.73. The van der Waals surface area contributed by atoms with Crippen LogP contribution in [0.4, 0.5) is 4.39 Å². The maximum Gasteiger partial charge on any atom is 0.175 e. The molecule has 142 valence electrons. The van der Waals surface area contributed by atoms with Gasteiger partial charge in [-0.25, -0.2) is 17.5 Å². The smallest absolute Gasteiger partial charge is 0.175 e. The number of nitrogens with zero attached hydrogens (tertiary/aromatic N) is 2. The number of hydrogen-bond acceptors (Lipinski definition) is 4. The number of benzene rings is 2. The number of thiophene rings is 1. The van der Waals surface area contributed by atoms with Gasteiger partial charge >= 0.3 is 0 Å². The van der Waals surface area contributed by atoms with Gasteiger partial charge in [0.25, 0.3) is 0 Å². The van der Waals surface area contributed by atoms with Crippen molar-refractivity contribution < 1.29 is 12.8 Å². The molecule has 0 saturated carbocycles. The summed E-state index contributed by atoms with van der Waals surface area (Å²) in [7, 11) is -3.27. The van der Waals surface area contributed by atoms with E-state index in [2.05, 4.69) is 5.10 Å². The predicted octanol–water partition coefficient (Wildman–Crippen LogP) is 5.12. The number of halogens is 1. The van der Waals surface area contributed by atoms with Crippen molar-refractivity contribution in [3.8, 4) is 26.7 Å². The molecule has 0 aliphatic heterocycles. The van der Waals surface area contributed by atoms with Gasteiger partial charge in [-0.15, -0.1) is 11.3 Å². The highest BCUT2D eigenvalue weighted by Gasteiger charge is 2.15. The first-order valence-corrected chi connectivity index (χ1v) is 11.3. The third kappa shape index (κ3) is 3.39. The molecule has 0 amide bonds. The van der Waals surface area contributed by atoms with Crippen LogP contribution in [-0.2, 0) is 9.84 Å². The molecule has 0 unspecified atom stereocenters. The Morgan fingerprint density at radius 2 is 1.75 bits per heavy atom. The average molecular weight is 413 g/mol. The van der Waals surface area contributed by atoms with Crippen LogP contribution in [0.15, 0.2) is 71.8 Å². The molecule has 7 heteroatoms. The van der Waals surface area contributed by atoms with Crippen molar-refractivity contribution in [3.05, 3.63) is 78.2 Å². The number of hydrogen-bond donors (Lipinski definition) is 0. The molecule has 0 saturated heterocycles. The van der Waals surface area contributed by atoms with Gasteiger partial charge in [0.2, 0.25) is 0 Å². The van der Waals surface area contributed by atoms with Gasteiger partial charge in [0.05, 0.1) is 27.4 Å². The van der Waals surface area contributed by atoms with Crippen molar-refractivity contribution in [1.29, 1.82) is 0 Å². The third-order valence-electron chi connectivity index (χ3n) is 4.52. The first-order chi connectivity index (χ1) is 13.3. The average Bonchev–Trinajstić information content (AvgIpc) is 3.32. The molecule has 0 fully saturated rings. The summed E-state index contributed by atoms with van der Waals surface area (Å²) in [5.41, 5.74) is 2.91. The van der Waals surface area contributed by atoms with E-state index in [0.29, 0.717) is 16.1 Å². The first kappa shape index (κ1) is 18.6. The molecule has 0 radical (unpaired) electrons. The van der Waals surface area contributed by atoms with E-state index in [-0.39, 0.29) is 5.82 Å². The second kappa shape index (κ2) is 7.00. The lowest BCUT2D eigenvalue weighted by Gasteiger charge is -2.10. The number of sulfone groups is 1. The summed E-state index contributed by atoms with van der Waals surface area (Å²) in [5.74, 6) is -0.275. The quantitative estimate of drug-likeness (QED) is 0.468. The van der Waals surface area contributed by atoms with E-state index in [1.165, 1.54) is 23.7 Å². The van der Waals surface area contributed by atoms with E-state index in [1.807, 2.05) is 30.3 Å². The minimum atomic E-state index is -3.27. The fourth-order valence-electron chi connectivity index (χ4n) is 3.02. The number of rotatable bonds is 4. The Hall–Kier alpha value is -2.77. The van der Waals surface area contributed by atoms with Crippen molar-refractivity contribution in [1.82, 2.24) is 9.78 Å². The lowest BCUT2D eigenvalue weighted by molar-refractivity contribution is 0.602. The summed E-state index contributed by atoms with van der Waals surface area (Å²) in [6, 6.07) is 17.6. The minimum Gasteiger partial charge on any atom is -0.232 e. The molecule has 0 aliphatic carbocycles. The molecular weight excluding hydrogens is 395 g/mol. The van der Waals surface area contributed by atoms with Crippen LogP contribution in [-0.4, -0.2) is 24.5 Å². The Balaban J connectivity index is 1.76. The SMILES string of the molecule is Cc1c(F)cccc1-n1nccc1-c1ccc(-c2cccc(S(C)(=O)=O)c2)s1. The van der Waals surface area contributed by atoms with Crippen LogP contribution in [0.25, 0.3) is 26.7 Å². The predicted molar refractivity (Wildman–Crippen MR) is 110 cm³/mol. The highest BCUT2D eigenvalue weighted by atomic mass is 32.2. The van der Waals surface area contributed by atoms with Gasteiger partial charge in [-0.05, 0) is 55.0 Å². The molecule has 0 N–H and O–H groups in total. The monoisotopic (exact) mass is 412 g/mol. The molecule has 4 aromatic rings. The van der Waals surface area contributed by atoms with E-state index in [1.54, 1.807) is 42.1 Å². The maximum atomic E-state index is 14.0. The Kier molecular flexibility index (Phi) is 4.64. The highest BCUT2D eigenvalue weighted by molar-refractivity contribution is 7.90. The van der Waals surface area contributed by atoms with Gasteiger partial charge in [0.15, 0.2) is 9.84 Å². The third-order valence-corrected chi connectivity index (χ3v) is 6.78. The van der Waals surface area contributed by atoms with Gasteiger partial charge in [0.1, 0.15) is 5.82 Å². The first-order valence-electron chi connectivity index (χ1n) is 8.55. The van der Waals surface area contributed by atoms with E-state index < -0.39 is 9.84 Å². The molecule has 2 aromatic carbocycles. The molecule has 4 rings (SSSR count). The maximum absolute atomic E-state index is 14.0. The molecule has 4 nitrogen and oxygen atoms in total. The Bertz CT molecular complexity index is 1270. The van der Waals surface area contributed by atoms with Crippen molar-refractivity contribution in [3.63, 3.8) is 0 Å². The molecular formula is C21H17FN2O2S2. The lowest BCUT2D eigenvalue weighted by Crippen LogP contribution is -2.02. The van der Waals surface area contributed by atoms with Crippen molar-refractivity contribution >= 4 is 21.2 Å². The van der Waals surface area contributed by atoms with Crippen molar-refractivity contribution in [2.75, 3.05) is 6.26 Å². The standard InChI is InChI=1S/C21H17FN2O2S2/c1-14-17(22)7-4-8-18(14)24-19(11-12-23-24)21-10-9-20(27-21)15-5-3-6-16(13-15)28(2,25)26/h3-13H,1-2H3. The number of aromatic nitrogens is 2. The van der Waals surface area contributed by atoms with Crippen LogP contribution in [0, 0.1) is 12.7 Å². The topological polar surface area (TPSA) is 52.0 Å². The zero-order valence-corrected chi connectivity index (χ0v) is 16.9. The molecule has 2 heterocycles. The Morgan fingerprint density at radius 3 is 2.54 bits per heavy atom. The molecule has 0 spiro atoms. The van der Waals surface area contributed by atoms with Gasteiger partial charge in [0, 0.05) is 16.7 Å². The minimum absolute atomic E-state index is 0.275. The van der Waals surface area contributed by atoms with E-state index in [9.17, 15) is 12.8 Å². The van der Waals surface area contributed by atoms with Gasteiger partial charge in [-0.1, -0.05) is 18.2 Å². The van der Waals surface area contributed by atoms with Crippen LogP contribution in [0.3, 0.4) is 0 Å². The summed E-state index contributed by atoms with van der Waals surface area (Å²) in [4.78, 5) is 2.20. The molecule has 0 aliphatic rings. The Morgan fingerprint density at radius 1 is 1.00 bits per heavy atom. The zero-order chi connectivity index (χ0) is 19.9. The Labute approximate surface area is 166 Å². The fraction of sp³-hybridized carbons (Fsp3) is 0.0952. The van der Waals surface area contributed by atoms with Crippen LogP contribution in [0.1, 0.15) is 5.56 Å². The second-order valence-corrected chi connectivity index (χ2v) is 9.58.